The number of carbonyl (C=O) groups is 9. The van der Waals surface area contributed by atoms with Gasteiger partial charge < -0.3 is 0 Å². The number of hydrazine groups is 1. The van der Waals surface area contributed by atoms with E-state index in [4.69, 9.17) is 0 Å². The Bertz CT molecular complexity index is 3030. The summed E-state index contributed by atoms with van der Waals surface area (Å²) < 4.78 is 70.9. The minimum atomic E-state index is -2.51. The van der Waals surface area contributed by atoms with Gasteiger partial charge in [-0.1, -0.05) is 31.9 Å². The molecule has 1 aliphatic carbocycles. The number of imide groups is 4. The molecule has 8 amide bonds. The van der Waals surface area contributed by atoms with Gasteiger partial charge >= 0.3 is 0 Å². The number of rotatable bonds is 5. The first-order valence-corrected chi connectivity index (χ1v) is 19.0. The summed E-state index contributed by atoms with van der Waals surface area (Å²) in [6.45, 7) is 1.98. The van der Waals surface area contributed by atoms with E-state index in [0.717, 1.165) is 55.7 Å². The smallest absolute Gasteiger partial charge is 0.281 e. The van der Waals surface area contributed by atoms with Gasteiger partial charge in [0.25, 0.3) is 47.3 Å². The van der Waals surface area contributed by atoms with E-state index < -0.39 is 105 Å². The Balaban J connectivity index is 0.950. The van der Waals surface area contributed by atoms with Crippen LogP contribution in [0.4, 0.5) is 27.6 Å². The minimum absolute atomic E-state index is 0.0127. The highest BCUT2D eigenvalue weighted by atomic mass is 19.2. The summed E-state index contributed by atoms with van der Waals surface area (Å²) in [6, 6.07) is 10.9. The van der Waals surface area contributed by atoms with Crippen molar-refractivity contribution in [3.63, 3.8) is 0 Å². The second kappa shape index (κ2) is 13.1. The van der Waals surface area contributed by atoms with E-state index >= 15 is 0 Å². The molecule has 308 valence electrons. The Kier molecular flexibility index (Phi) is 8.13. The lowest BCUT2D eigenvalue weighted by atomic mass is 9.81. The summed E-state index contributed by atoms with van der Waals surface area (Å²) in [5.41, 5.74) is -4.46. The average Bonchev–Trinajstić information content (AvgIpc) is 3.66. The summed E-state index contributed by atoms with van der Waals surface area (Å²) in [7, 11) is 0. The summed E-state index contributed by atoms with van der Waals surface area (Å²) in [5, 5.41) is 0.762. The predicted molar refractivity (Wildman–Crippen MR) is 201 cm³/mol. The number of benzene rings is 5. The van der Waals surface area contributed by atoms with Crippen molar-refractivity contribution in [1.29, 1.82) is 0 Å². The molecular formula is C44H23F5N4O9. The summed E-state index contributed by atoms with van der Waals surface area (Å²) in [6.07, 6.45) is 3.27. The highest BCUT2D eigenvalue weighted by Gasteiger charge is 2.50. The molecule has 18 heteroatoms. The number of amides is 8. The van der Waals surface area contributed by atoms with E-state index in [1.807, 2.05) is 6.92 Å². The Morgan fingerprint density at radius 1 is 0.468 bits per heavy atom. The van der Waals surface area contributed by atoms with Crippen LogP contribution in [-0.2, 0) is 0 Å². The summed E-state index contributed by atoms with van der Waals surface area (Å²) in [5.74, 6) is -21.7. The van der Waals surface area contributed by atoms with Crippen molar-refractivity contribution in [2.45, 2.75) is 38.6 Å². The highest BCUT2D eigenvalue weighted by molar-refractivity contribution is 6.36. The van der Waals surface area contributed by atoms with Gasteiger partial charge in [-0.2, -0.15) is 10.0 Å². The van der Waals surface area contributed by atoms with Crippen molar-refractivity contribution < 1.29 is 65.1 Å². The highest BCUT2D eigenvalue weighted by Crippen LogP contribution is 2.42. The lowest BCUT2D eigenvalue weighted by molar-refractivity contribution is 0.00522. The Morgan fingerprint density at radius 2 is 0.839 bits per heavy atom. The van der Waals surface area contributed by atoms with E-state index in [0.29, 0.717) is 16.4 Å². The molecule has 13 nitrogen and oxygen atoms in total. The molecule has 0 radical (unpaired) electrons. The molecule has 62 heavy (non-hydrogen) atoms. The van der Waals surface area contributed by atoms with Crippen molar-refractivity contribution in [3.05, 3.63) is 145 Å². The number of anilines is 1. The Hall–Kier alpha value is -7.76. The number of hydrogen-bond acceptors (Lipinski definition) is 9. The van der Waals surface area contributed by atoms with Crippen LogP contribution in [0, 0.1) is 35.0 Å². The van der Waals surface area contributed by atoms with E-state index in [-0.39, 0.29) is 66.6 Å². The van der Waals surface area contributed by atoms with Gasteiger partial charge in [-0.25, -0.2) is 26.9 Å². The zero-order chi connectivity index (χ0) is 44.0. The lowest BCUT2D eigenvalue weighted by Crippen LogP contribution is -2.54. The molecular weight excluding hydrogens is 823 g/mol. The maximum absolute atomic E-state index is 14.6. The third-order valence-corrected chi connectivity index (χ3v) is 12.2. The molecule has 4 heterocycles. The van der Waals surface area contributed by atoms with E-state index in [1.54, 1.807) is 0 Å². The molecule has 0 bridgehead atoms. The fourth-order valence-corrected chi connectivity index (χ4v) is 9.14. The maximum atomic E-state index is 14.6. The molecule has 5 aromatic rings. The fraction of sp³-hybridized carbons (Fsp3) is 0.159. The summed E-state index contributed by atoms with van der Waals surface area (Å²) >= 11 is 0. The van der Waals surface area contributed by atoms with Gasteiger partial charge in [0.1, 0.15) is 5.69 Å². The van der Waals surface area contributed by atoms with Crippen LogP contribution in [0.3, 0.4) is 0 Å². The number of ketones is 1. The van der Waals surface area contributed by atoms with Crippen molar-refractivity contribution in [2.75, 3.05) is 4.90 Å². The largest absolute Gasteiger partial charge is 0.289 e. The quantitative estimate of drug-likeness (QED) is 0.0627. The Labute approximate surface area is 343 Å². The van der Waals surface area contributed by atoms with Crippen molar-refractivity contribution in [3.8, 4) is 0 Å². The van der Waals surface area contributed by atoms with Gasteiger partial charge in [0.15, 0.2) is 29.1 Å². The first-order chi connectivity index (χ1) is 29.5. The lowest BCUT2D eigenvalue weighted by Gasteiger charge is -2.40. The van der Waals surface area contributed by atoms with Gasteiger partial charge in [0.05, 0.1) is 33.4 Å². The SMILES string of the molecule is CC1CCCCC1N1C(=O)c2ccc3c4c(ccc(c24)C1=O)C(=O)N(N1C(=O)c2ccc(C(=O)c4ccc5c(c4)C(=O)N(c4c(F)c(F)c(F)c(F)c4F)C5=O)cc2C1=O)C3=O. The zero-order valence-corrected chi connectivity index (χ0v) is 31.6. The van der Waals surface area contributed by atoms with Crippen molar-refractivity contribution >= 4 is 69.5 Å². The molecule has 5 aromatic carbocycles. The second-order valence-corrected chi connectivity index (χ2v) is 15.4. The second-order valence-electron chi connectivity index (χ2n) is 15.4. The Morgan fingerprint density at radius 3 is 1.34 bits per heavy atom. The van der Waals surface area contributed by atoms with Crippen molar-refractivity contribution in [1.82, 2.24) is 14.9 Å². The van der Waals surface area contributed by atoms with Crippen LogP contribution in [0.15, 0.2) is 60.7 Å². The monoisotopic (exact) mass is 846 g/mol. The van der Waals surface area contributed by atoms with Gasteiger partial charge in [-0.15, -0.1) is 0 Å². The van der Waals surface area contributed by atoms with Gasteiger partial charge in [-0.3, -0.25) is 48.1 Å². The molecule has 2 unspecified atom stereocenters. The first-order valence-electron chi connectivity index (χ1n) is 19.0. The van der Waals surface area contributed by atoms with Gasteiger partial charge in [0.2, 0.25) is 5.82 Å². The molecule has 1 fully saturated rings. The molecule has 4 aliphatic heterocycles. The molecule has 0 N–H and O–H groups in total. The van der Waals surface area contributed by atoms with E-state index in [1.165, 1.54) is 29.2 Å². The molecule has 2 atom stereocenters. The van der Waals surface area contributed by atoms with E-state index in [2.05, 4.69) is 0 Å². The molecule has 0 saturated heterocycles. The first kappa shape index (κ1) is 38.4. The summed E-state index contributed by atoms with van der Waals surface area (Å²) in [4.78, 5) is 125. The van der Waals surface area contributed by atoms with Crippen LogP contribution in [0.25, 0.3) is 10.8 Å². The van der Waals surface area contributed by atoms with Gasteiger partial charge in [-0.05, 0) is 67.3 Å². The minimum Gasteiger partial charge on any atom is -0.289 e. The van der Waals surface area contributed by atoms with Gasteiger partial charge in [0, 0.05) is 39.1 Å². The topological polar surface area (TPSA) is 167 Å². The molecule has 10 rings (SSSR count). The number of fused-ring (bicyclic) bond motifs is 2. The fourth-order valence-electron chi connectivity index (χ4n) is 9.14. The number of halogens is 5. The molecule has 1 saturated carbocycles. The third-order valence-electron chi connectivity index (χ3n) is 12.2. The van der Waals surface area contributed by atoms with Crippen LogP contribution < -0.4 is 4.90 Å². The van der Waals surface area contributed by atoms with Crippen LogP contribution in [0.1, 0.15) is 131 Å². The number of hydrogen-bond donors (Lipinski definition) is 0. The van der Waals surface area contributed by atoms with Crippen LogP contribution >= 0.6 is 0 Å². The molecule has 0 aromatic heterocycles. The predicted octanol–water partition coefficient (Wildman–Crippen LogP) is 6.55. The number of nitrogens with zero attached hydrogens (tertiary/aromatic N) is 4. The third kappa shape index (κ3) is 4.90. The maximum Gasteiger partial charge on any atom is 0.281 e. The molecule has 0 spiro atoms. The molecule has 5 aliphatic rings. The van der Waals surface area contributed by atoms with Crippen molar-refractivity contribution in [2.24, 2.45) is 5.92 Å². The zero-order valence-electron chi connectivity index (χ0n) is 31.6. The van der Waals surface area contributed by atoms with E-state index in [9.17, 15) is 65.1 Å². The van der Waals surface area contributed by atoms with Crippen LogP contribution in [0.5, 0.6) is 0 Å². The normalized spacial score (nSPS) is 19.4. The van der Waals surface area contributed by atoms with Crippen LogP contribution in [0.2, 0.25) is 0 Å². The average molecular weight is 847 g/mol. The van der Waals surface area contributed by atoms with Crippen LogP contribution in [-0.4, -0.2) is 74.0 Å². The number of carbonyl (C=O) groups excluding carboxylic acids is 9. The standard InChI is InChI=1S/C44H23F5N4O9/c1-16-4-2-3-5-27(16)50-38(56)21-10-12-23-29-24(13-11-22(28(21)29)39(50)57)43(61)53(42(23)60)52-41(59)20-9-7-18(15-26(20)44(52)62)36(54)17-6-8-19-25(14-17)40(58)51(37(19)55)35-33(48)31(46)30(45)32(47)34(35)49/h6-16,27H,2-5H2,1H3.